The van der Waals surface area contributed by atoms with E-state index >= 15 is 0 Å². The van der Waals surface area contributed by atoms with Crippen molar-refractivity contribution in [2.75, 3.05) is 26.7 Å². The van der Waals surface area contributed by atoms with Crippen molar-refractivity contribution in [1.29, 1.82) is 0 Å². The number of halogens is 6. The van der Waals surface area contributed by atoms with Crippen molar-refractivity contribution >= 4 is 17.9 Å². The highest BCUT2D eigenvalue weighted by molar-refractivity contribution is 5.88. The minimum absolute atomic E-state index is 0.0179. The van der Waals surface area contributed by atoms with Crippen LogP contribution in [0.3, 0.4) is 0 Å². The lowest BCUT2D eigenvalue weighted by Crippen LogP contribution is -2.67. The average Bonchev–Trinajstić information content (AvgIpc) is 2.90. The number of hydrogen-bond acceptors (Lipinski definition) is 5. The molecule has 8 nitrogen and oxygen atoms in total. The first-order valence-electron chi connectivity index (χ1n) is 12.1. The van der Waals surface area contributed by atoms with E-state index in [0.717, 1.165) is 4.90 Å². The van der Waals surface area contributed by atoms with Crippen molar-refractivity contribution < 1.29 is 50.2 Å². The van der Waals surface area contributed by atoms with Crippen molar-refractivity contribution in [1.82, 2.24) is 14.7 Å². The largest absolute Gasteiger partial charge is 0.496 e. The van der Waals surface area contributed by atoms with Crippen LogP contribution in [0.2, 0.25) is 0 Å². The summed E-state index contributed by atoms with van der Waals surface area (Å²) in [5.41, 5.74) is -2.89. The third-order valence-corrected chi connectivity index (χ3v) is 6.89. The lowest BCUT2D eigenvalue weighted by Gasteiger charge is -2.49. The molecule has 0 aliphatic carbocycles. The topological polar surface area (TPSA) is 79.4 Å². The maximum atomic E-state index is 13.2. The lowest BCUT2D eigenvalue weighted by atomic mass is 10.0. The molecule has 4 rings (SSSR count). The van der Waals surface area contributed by atoms with Gasteiger partial charge in [0.25, 0.3) is 0 Å². The summed E-state index contributed by atoms with van der Waals surface area (Å²) >= 11 is 0. The number of benzene rings is 2. The molecular weight excluding hydrogens is 548 g/mol. The van der Waals surface area contributed by atoms with Crippen LogP contribution in [-0.4, -0.2) is 65.5 Å². The Balaban J connectivity index is 1.54. The number of alkyl halides is 6. The van der Waals surface area contributed by atoms with Crippen LogP contribution in [0, 0.1) is 0 Å². The van der Waals surface area contributed by atoms with E-state index in [1.807, 2.05) is 0 Å². The first-order valence-corrected chi connectivity index (χ1v) is 12.1. The van der Waals surface area contributed by atoms with Crippen molar-refractivity contribution in [3.63, 3.8) is 0 Å². The number of para-hydroxylation sites is 1. The first-order chi connectivity index (χ1) is 18.7. The lowest BCUT2D eigenvalue weighted by molar-refractivity contribution is -0.161. The number of piperazine rings is 1. The summed E-state index contributed by atoms with van der Waals surface area (Å²) in [6, 6.07) is 7.44. The molecule has 14 heteroatoms. The van der Waals surface area contributed by atoms with E-state index in [4.69, 9.17) is 9.47 Å². The minimum Gasteiger partial charge on any atom is -0.496 e. The summed E-state index contributed by atoms with van der Waals surface area (Å²) in [7, 11) is 1.48. The van der Waals surface area contributed by atoms with Gasteiger partial charge in [-0.15, -0.1) is 0 Å². The van der Waals surface area contributed by atoms with Gasteiger partial charge in [0.05, 0.1) is 30.8 Å². The maximum absolute atomic E-state index is 13.2. The number of carbonyl (C=O) groups is 3. The predicted octanol–water partition coefficient (Wildman–Crippen LogP) is 4.83. The highest BCUT2D eigenvalue weighted by Gasteiger charge is 2.45. The van der Waals surface area contributed by atoms with E-state index in [1.165, 1.54) is 16.9 Å². The van der Waals surface area contributed by atoms with Gasteiger partial charge in [0, 0.05) is 18.5 Å². The summed E-state index contributed by atoms with van der Waals surface area (Å²) < 4.78 is 89.6. The third-order valence-electron chi connectivity index (χ3n) is 6.89. The van der Waals surface area contributed by atoms with E-state index in [-0.39, 0.29) is 43.9 Å². The molecule has 0 aromatic heterocycles. The number of ether oxygens (including phenoxy) is 2. The fourth-order valence-electron chi connectivity index (χ4n) is 4.85. The Morgan fingerprint density at radius 1 is 1.00 bits per heavy atom. The molecule has 0 bridgehead atoms. The Bertz CT molecular complexity index is 1270. The van der Waals surface area contributed by atoms with Crippen LogP contribution in [0.5, 0.6) is 5.75 Å². The Kier molecular flexibility index (Phi) is 7.90. The van der Waals surface area contributed by atoms with Crippen LogP contribution in [-0.2, 0) is 33.3 Å². The monoisotopic (exact) mass is 573 g/mol. The maximum Gasteiger partial charge on any atom is 0.416 e. The molecular formula is C26H25F6N3O5. The molecule has 0 radical (unpaired) electrons. The minimum atomic E-state index is -5.05. The van der Waals surface area contributed by atoms with Crippen molar-refractivity contribution in [2.24, 2.45) is 0 Å². The summed E-state index contributed by atoms with van der Waals surface area (Å²) in [6.45, 7) is 0.351. The molecule has 3 amide bonds. The highest BCUT2D eigenvalue weighted by Crippen LogP contribution is 2.37. The van der Waals surface area contributed by atoms with E-state index in [1.54, 1.807) is 31.2 Å². The Morgan fingerprint density at radius 2 is 1.62 bits per heavy atom. The van der Waals surface area contributed by atoms with E-state index in [0.29, 0.717) is 23.4 Å². The molecule has 2 saturated heterocycles. The standard InChI is InChI=1S/C26H25F6N3O5/c1-15(19-5-3-4-6-20(19)39-2)34-12-21-33(8-7-22(36)35(21)13-23(34)37)24(38)40-14-16-9-17(25(27,28)29)11-18(10-16)26(30,31)32/h3-6,9-11,15,21H,7-8,12-14H2,1-2H3. The van der Waals surface area contributed by atoms with Crippen molar-refractivity contribution in [2.45, 2.75) is 44.5 Å². The molecule has 0 saturated carbocycles. The van der Waals surface area contributed by atoms with Gasteiger partial charge in [-0.3, -0.25) is 14.5 Å². The van der Waals surface area contributed by atoms with Crippen LogP contribution in [0.25, 0.3) is 0 Å². The van der Waals surface area contributed by atoms with Gasteiger partial charge in [0.1, 0.15) is 25.1 Å². The molecule has 2 fully saturated rings. The fraction of sp³-hybridized carbons (Fsp3) is 0.423. The van der Waals surface area contributed by atoms with Crippen LogP contribution in [0.1, 0.15) is 41.6 Å². The zero-order valence-corrected chi connectivity index (χ0v) is 21.4. The molecule has 2 unspecified atom stereocenters. The highest BCUT2D eigenvalue weighted by atomic mass is 19.4. The fourth-order valence-corrected chi connectivity index (χ4v) is 4.85. The van der Waals surface area contributed by atoms with Crippen LogP contribution in [0.15, 0.2) is 42.5 Å². The number of fused-ring (bicyclic) bond motifs is 1. The van der Waals surface area contributed by atoms with Gasteiger partial charge >= 0.3 is 18.4 Å². The molecule has 40 heavy (non-hydrogen) atoms. The Hall–Kier alpha value is -3.97. The van der Waals surface area contributed by atoms with Gasteiger partial charge in [-0.05, 0) is 36.8 Å². The second-order valence-corrected chi connectivity index (χ2v) is 9.38. The second-order valence-electron chi connectivity index (χ2n) is 9.38. The van der Waals surface area contributed by atoms with E-state index in [9.17, 15) is 40.7 Å². The molecule has 2 aromatic carbocycles. The third kappa shape index (κ3) is 5.94. The van der Waals surface area contributed by atoms with Crippen LogP contribution in [0.4, 0.5) is 31.1 Å². The first kappa shape index (κ1) is 29.0. The van der Waals surface area contributed by atoms with E-state index < -0.39 is 54.0 Å². The molecule has 2 aliphatic heterocycles. The average molecular weight is 573 g/mol. The number of hydrogen-bond donors (Lipinski definition) is 0. The number of methoxy groups -OCH3 is 1. The molecule has 0 N–H and O–H groups in total. The zero-order chi connectivity index (χ0) is 29.4. The van der Waals surface area contributed by atoms with E-state index in [2.05, 4.69) is 0 Å². The normalized spacial score (nSPS) is 18.9. The molecule has 0 spiro atoms. The summed E-state index contributed by atoms with van der Waals surface area (Å²) in [5.74, 6) is -0.220. The second kappa shape index (κ2) is 10.9. The molecule has 2 aromatic rings. The smallest absolute Gasteiger partial charge is 0.416 e. The molecule has 2 atom stereocenters. The van der Waals surface area contributed by atoms with Gasteiger partial charge in [-0.2, -0.15) is 26.3 Å². The SMILES string of the molecule is COc1ccccc1C(C)N1CC2N(CC1=O)C(=O)CCN2C(=O)OCc1cc(C(F)(F)F)cc(C(F)(F)F)c1. The quantitative estimate of drug-likeness (QED) is 0.479. The number of rotatable bonds is 5. The number of amides is 3. The molecule has 2 heterocycles. The van der Waals surface area contributed by atoms with Gasteiger partial charge in [0.2, 0.25) is 11.8 Å². The van der Waals surface area contributed by atoms with Crippen molar-refractivity contribution in [3.05, 3.63) is 64.7 Å². The number of nitrogens with zero attached hydrogens (tertiary/aromatic N) is 3. The van der Waals surface area contributed by atoms with Gasteiger partial charge in [-0.1, -0.05) is 18.2 Å². The predicted molar refractivity (Wildman–Crippen MR) is 127 cm³/mol. The molecule has 2 aliphatic rings. The summed E-state index contributed by atoms with van der Waals surface area (Å²) in [5, 5.41) is 0. The number of carbonyl (C=O) groups excluding carboxylic acids is 3. The summed E-state index contributed by atoms with van der Waals surface area (Å²) in [4.78, 5) is 42.4. The van der Waals surface area contributed by atoms with Gasteiger partial charge in [0.15, 0.2) is 0 Å². The van der Waals surface area contributed by atoms with Crippen LogP contribution >= 0.6 is 0 Å². The Morgan fingerprint density at radius 3 is 2.23 bits per heavy atom. The van der Waals surface area contributed by atoms with Crippen LogP contribution < -0.4 is 4.74 Å². The molecule has 216 valence electrons. The van der Waals surface area contributed by atoms with Crippen molar-refractivity contribution in [3.8, 4) is 5.75 Å². The summed E-state index contributed by atoms with van der Waals surface area (Å²) in [6.07, 6.45) is -12.2. The Labute approximate surface area is 225 Å². The zero-order valence-electron chi connectivity index (χ0n) is 21.4. The van der Waals surface area contributed by atoms with Gasteiger partial charge < -0.3 is 19.3 Å². The van der Waals surface area contributed by atoms with Gasteiger partial charge in [-0.25, -0.2) is 4.79 Å².